The molecule has 0 spiro atoms. The Morgan fingerprint density at radius 3 is 1.62 bits per heavy atom. The number of halogens is 3. The van der Waals surface area contributed by atoms with E-state index in [0.29, 0.717) is 28.2 Å². The minimum absolute atomic E-state index is 0.474. The summed E-state index contributed by atoms with van der Waals surface area (Å²) in [6, 6.07) is 53.1. The Labute approximate surface area is 321 Å². The van der Waals surface area contributed by atoms with Crippen LogP contribution in [0, 0.1) is 13.5 Å². The van der Waals surface area contributed by atoms with Crippen molar-refractivity contribution in [3.05, 3.63) is 192 Å². The first-order valence-electron chi connectivity index (χ1n) is 18.1. The summed E-state index contributed by atoms with van der Waals surface area (Å²) in [5.74, 6) is 0.474. The zero-order valence-corrected chi connectivity index (χ0v) is 30.1. The molecule has 7 heteroatoms. The van der Waals surface area contributed by atoms with Crippen LogP contribution in [-0.2, 0) is 6.18 Å². The van der Waals surface area contributed by atoms with E-state index in [1.807, 2.05) is 116 Å². The second-order valence-corrected chi connectivity index (χ2v) is 13.7. The molecule has 2 aromatic heterocycles. The van der Waals surface area contributed by atoms with E-state index in [0.717, 1.165) is 78.8 Å². The molecule has 0 radical (unpaired) electrons. The van der Waals surface area contributed by atoms with Gasteiger partial charge in [0.15, 0.2) is 11.5 Å². The highest BCUT2D eigenvalue weighted by Crippen LogP contribution is 2.45. The van der Waals surface area contributed by atoms with Crippen molar-refractivity contribution in [2.24, 2.45) is 0 Å². The number of aromatic nitrogens is 3. The summed E-state index contributed by atoms with van der Waals surface area (Å²) in [5.41, 5.74) is 10.5. The lowest BCUT2D eigenvalue weighted by Gasteiger charge is -2.21. The Kier molecular flexibility index (Phi) is 8.52. The predicted molar refractivity (Wildman–Crippen MR) is 220 cm³/mol. The number of fused-ring (bicyclic) bond motifs is 3. The second-order valence-electron chi connectivity index (χ2n) is 13.7. The molecular formula is C49H31F3N4. The predicted octanol–water partition coefficient (Wildman–Crippen LogP) is 13.8. The van der Waals surface area contributed by atoms with Gasteiger partial charge in [-0.3, -0.25) is 0 Å². The van der Waals surface area contributed by atoms with Gasteiger partial charge < -0.3 is 4.57 Å². The quantitative estimate of drug-likeness (QED) is 0.160. The van der Waals surface area contributed by atoms with Crippen molar-refractivity contribution in [1.29, 1.82) is 0 Å². The van der Waals surface area contributed by atoms with Crippen LogP contribution in [0.2, 0.25) is 0 Å². The van der Waals surface area contributed by atoms with Crippen LogP contribution in [0.1, 0.15) is 11.1 Å². The monoisotopic (exact) mass is 732 g/mol. The molecule has 4 nitrogen and oxygen atoms in total. The highest BCUT2D eigenvalue weighted by Gasteiger charge is 2.30. The van der Waals surface area contributed by atoms with E-state index >= 15 is 0 Å². The van der Waals surface area contributed by atoms with E-state index in [4.69, 9.17) is 16.5 Å². The van der Waals surface area contributed by atoms with Crippen molar-refractivity contribution in [1.82, 2.24) is 14.5 Å². The molecule has 0 saturated carbocycles. The van der Waals surface area contributed by atoms with Crippen molar-refractivity contribution >= 4 is 27.5 Å². The first-order chi connectivity index (χ1) is 27.2. The van der Waals surface area contributed by atoms with Crippen LogP contribution in [0.25, 0.3) is 88.5 Å². The van der Waals surface area contributed by atoms with Crippen molar-refractivity contribution in [3.63, 3.8) is 0 Å². The van der Waals surface area contributed by atoms with Gasteiger partial charge in [-0.25, -0.2) is 14.8 Å². The van der Waals surface area contributed by atoms with Crippen molar-refractivity contribution in [2.75, 3.05) is 0 Å². The molecule has 0 amide bonds. The van der Waals surface area contributed by atoms with Gasteiger partial charge in [0.25, 0.3) is 0 Å². The minimum atomic E-state index is -4.50. The van der Waals surface area contributed by atoms with Crippen LogP contribution in [0.3, 0.4) is 0 Å². The lowest BCUT2D eigenvalue weighted by molar-refractivity contribution is -0.137. The molecule has 9 rings (SSSR count). The normalized spacial score (nSPS) is 11.6. The smallest absolute Gasteiger partial charge is 0.308 e. The van der Waals surface area contributed by atoms with Crippen molar-refractivity contribution < 1.29 is 13.2 Å². The Bertz CT molecular complexity index is 2890. The first kappa shape index (κ1) is 34.5. The van der Waals surface area contributed by atoms with E-state index in [1.54, 1.807) is 6.07 Å². The number of hydrogen-bond acceptors (Lipinski definition) is 2. The maximum atomic E-state index is 14.0. The van der Waals surface area contributed by atoms with Crippen LogP contribution in [0.4, 0.5) is 18.9 Å². The Hall–Kier alpha value is -7.30. The Balaban J connectivity index is 1.41. The first-order valence-corrected chi connectivity index (χ1v) is 18.1. The number of aryl methyl sites for hydroxylation is 1. The van der Waals surface area contributed by atoms with Crippen LogP contribution in [-0.4, -0.2) is 14.5 Å². The molecule has 268 valence electrons. The summed E-state index contributed by atoms with van der Waals surface area (Å²) in [6.07, 6.45) is -4.50. The van der Waals surface area contributed by atoms with Crippen LogP contribution < -0.4 is 0 Å². The molecule has 0 atom stereocenters. The van der Waals surface area contributed by atoms with Gasteiger partial charge in [0.1, 0.15) is 0 Å². The van der Waals surface area contributed by atoms with Gasteiger partial charge in [-0.2, -0.15) is 13.2 Å². The third-order valence-electron chi connectivity index (χ3n) is 10.1. The molecule has 0 aliphatic rings. The highest BCUT2D eigenvalue weighted by atomic mass is 19.4. The average Bonchev–Trinajstić information content (AvgIpc) is 3.57. The zero-order valence-electron chi connectivity index (χ0n) is 30.1. The molecule has 56 heavy (non-hydrogen) atoms. The molecule has 7 aromatic carbocycles. The van der Waals surface area contributed by atoms with Gasteiger partial charge in [0, 0.05) is 33.2 Å². The second kappa shape index (κ2) is 13.8. The number of rotatable bonds is 6. The van der Waals surface area contributed by atoms with Gasteiger partial charge >= 0.3 is 6.18 Å². The summed E-state index contributed by atoms with van der Waals surface area (Å²) in [7, 11) is 0. The molecule has 0 bridgehead atoms. The largest absolute Gasteiger partial charge is 0.416 e. The number of para-hydroxylation sites is 1. The molecule has 0 N–H and O–H groups in total. The molecule has 0 aliphatic heterocycles. The fourth-order valence-electron chi connectivity index (χ4n) is 7.38. The zero-order chi connectivity index (χ0) is 38.4. The van der Waals surface area contributed by atoms with Crippen molar-refractivity contribution in [3.8, 4) is 61.8 Å². The maximum absolute atomic E-state index is 14.0. The van der Waals surface area contributed by atoms with E-state index in [-0.39, 0.29) is 0 Å². The Morgan fingerprint density at radius 2 is 1.05 bits per heavy atom. The van der Waals surface area contributed by atoms with Gasteiger partial charge in [-0.15, -0.1) is 0 Å². The number of hydrogen-bond donors (Lipinski definition) is 0. The summed E-state index contributed by atoms with van der Waals surface area (Å²) in [5, 5.41) is 1.86. The molecule has 0 unspecified atom stereocenters. The van der Waals surface area contributed by atoms with Gasteiger partial charge in [0.2, 0.25) is 0 Å². The van der Waals surface area contributed by atoms with Gasteiger partial charge in [-0.1, -0.05) is 127 Å². The molecule has 0 fully saturated rings. The van der Waals surface area contributed by atoms with Crippen LogP contribution in [0.5, 0.6) is 0 Å². The summed E-state index contributed by atoms with van der Waals surface area (Å²) >= 11 is 0. The third kappa shape index (κ3) is 6.27. The molecule has 0 saturated heterocycles. The lowest BCUT2D eigenvalue weighted by Crippen LogP contribution is -2.05. The van der Waals surface area contributed by atoms with E-state index in [2.05, 4.69) is 39.7 Å². The van der Waals surface area contributed by atoms with Gasteiger partial charge in [-0.05, 0) is 72.0 Å². The molecule has 2 heterocycles. The topological polar surface area (TPSA) is 35.1 Å². The van der Waals surface area contributed by atoms with E-state index in [1.165, 1.54) is 12.1 Å². The highest BCUT2D eigenvalue weighted by molar-refractivity contribution is 6.11. The van der Waals surface area contributed by atoms with E-state index < -0.39 is 11.7 Å². The fraction of sp³-hybridized carbons (Fsp3) is 0.0408. The molecular weight excluding hydrogens is 702 g/mol. The average molecular weight is 733 g/mol. The van der Waals surface area contributed by atoms with Crippen LogP contribution in [0.15, 0.2) is 170 Å². The van der Waals surface area contributed by atoms with Crippen LogP contribution >= 0.6 is 0 Å². The fourth-order valence-corrected chi connectivity index (χ4v) is 7.38. The number of alkyl halides is 3. The summed E-state index contributed by atoms with van der Waals surface area (Å²) in [4.78, 5) is 14.0. The SMILES string of the molecule is [C-]#[N+]c1ccc2c(c1)c1ccccc1n2-c1c(-c2ccc(C)cc2)cc(-c2nc(-c3ccccc3)cc(-c3ccccc3)n2)cc1-c1ccc(C(F)(F)F)cc1. The van der Waals surface area contributed by atoms with E-state index in [9.17, 15) is 13.2 Å². The standard InChI is InChI=1S/C49H31F3N4/c1-31-17-19-32(20-18-31)40-27-36(48-54-43(34-11-5-3-6-12-34)30-44(55-48)35-13-7-4-8-14-35)28-41(33-21-23-37(24-22-33)49(50,51)52)47(40)56-45-16-10-9-15-39(45)42-29-38(53-2)25-26-46(42)56/h3-30H,1H3. The molecule has 0 aliphatic carbocycles. The summed E-state index contributed by atoms with van der Waals surface area (Å²) < 4.78 is 44.0. The minimum Gasteiger partial charge on any atom is -0.308 e. The number of nitrogens with zero attached hydrogens (tertiary/aromatic N) is 4. The molecule has 9 aromatic rings. The maximum Gasteiger partial charge on any atom is 0.416 e. The number of benzene rings is 7. The Morgan fingerprint density at radius 1 is 0.518 bits per heavy atom. The summed E-state index contributed by atoms with van der Waals surface area (Å²) in [6.45, 7) is 9.77. The lowest BCUT2D eigenvalue weighted by atomic mass is 9.91. The van der Waals surface area contributed by atoms with Gasteiger partial charge in [0.05, 0.1) is 40.2 Å². The van der Waals surface area contributed by atoms with Crippen molar-refractivity contribution in [2.45, 2.75) is 13.1 Å². The third-order valence-corrected chi connectivity index (χ3v) is 10.1.